The summed E-state index contributed by atoms with van der Waals surface area (Å²) in [6, 6.07) is 8.09. The van der Waals surface area contributed by atoms with Gasteiger partial charge in [-0.3, -0.25) is 4.79 Å². The first-order valence-corrected chi connectivity index (χ1v) is 6.63. The van der Waals surface area contributed by atoms with Gasteiger partial charge in [-0.25, -0.2) is 0 Å². The highest BCUT2D eigenvalue weighted by atomic mass is 16.5. The van der Waals surface area contributed by atoms with Crippen molar-refractivity contribution in [1.29, 1.82) is 0 Å². The number of nitrogens with zero attached hydrogens (tertiary/aromatic N) is 1. The summed E-state index contributed by atoms with van der Waals surface area (Å²) in [6.07, 6.45) is 0.460. The fourth-order valence-electron chi connectivity index (χ4n) is 2.34. The number of methoxy groups -OCH3 is 1. The number of carbonyl (C=O) groups is 1. The van der Waals surface area contributed by atoms with Gasteiger partial charge in [-0.05, 0) is 12.5 Å². The Morgan fingerprint density at radius 3 is 3.11 bits per heavy atom. The molecule has 0 bridgehead atoms. The standard InChI is InChI=1S/C15H21NO3/c1-12-4-3-5-13(8-12)9-15(17)16-6-7-19-14(10-16)11-18-2/h3-5,8,14H,6-7,9-11H2,1-2H3/t14-/m1/s1. The molecule has 1 saturated heterocycles. The zero-order valence-electron chi connectivity index (χ0n) is 11.6. The molecule has 0 aromatic heterocycles. The molecule has 1 atom stereocenters. The molecule has 0 N–H and O–H groups in total. The van der Waals surface area contributed by atoms with E-state index in [0.717, 1.165) is 5.56 Å². The van der Waals surface area contributed by atoms with Crippen molar-refractivity contribution in [1.82, 2.24) is 4.90 Å². The maximum Gasteiger partial charge on any atom is 0.227 e. The molecule has 19 heavy (non-hydrogen) atoms. The Morgan fingerprint density at radius 2 is 2.37 bits per heavy atom. The zero-order chi connectivity index (χ0) is 13.7. The largest absolute Gasteiger partial charge is 0.382 e. The third-order valence-electron chi connectivity index (χ3n) is 3.28. The Hall–Kier alpha value is -1.39. The van der Waals surface area contributed by atoms with Gasteiger partial charge < -0.3 is 14.4 Å². The molecule has 104 valence electrons. The second kappa shape index (κ2) is 6.68. The van der Waals surface area contributed by atoms with E-state index in [1.807, 2.05) is 30.0 Å². The molecule has 0 radical (unpaired) electrons. The van der Waals surface area contributed by atoms with Crippen molar-refractivity contribution in [3.8, 4) is 0 Å². The summed E-state index contributed by atoms with van der Waals surface area (Å²) in [5, 5.41) is 0. The lowest BCUT2D eigenvalue weighted by Crippen LogP contribution is -2.47. The summed E-state index contributed by atoms with van der Waals surface area (Å²) in [7, 11) is 1.65. The van der Waals surface area contributed by atoms with Crippen LogP contribution in [0.25, 0.3) is 0 Å². The Kier molecular flexibility index (Phi) is 4.93. The molecule has 1 aromatic rings. The first-order chi connectivity index (χ1) is 9.19. The molecule has 4 nitrogen and oxygen atoms in total. The van der Waals surface area contributed by atoms with Gasteiger partial charge in [0.15, 0.2) is 0 Å². The predicted octanol–water partition coefficient (Wildman–Crippen LogP) is 1.41. The molecule has 0 saturated carbocycles. The van der Waals surface area contributed by atoms with Gasteiger partial charge in [0.05, 0.1) is 25.7 Å². The van der Waals surface area contributed by atoms with Crippen LogP contribution in [0.4, 0.5) is 0 Å². The molecule has 0 spiro atoms. The van der Waals surface area contributed by atoms with Crippen LogP contribution in [0, 0.1) is 6.92 Å². The molecular weight excluding hydrogens is 242 g/mol. The molecule has 0 unspecified atom stereocenters. The van der Waals surface area contributed by atoms with Crippen LogP contribution in [0.1, 0.15) is 11.1 Å². The summed E-state index contributed by atoms with van der Waals surface area (Å²) < 4.78 is 10.6. The number of carbonyl (C=O) groups excluding carboxylic acids is 1. The van der Waals surface area contributed by atoms with Crippen LogP contribution in [0.15, 0.2) is 24.3 Å². The van der Waals surface area contributed by atoms with Gasteiger partial charge in [0.1, 0.15) is 0 Å². The van der Waals surface area contributed by atoms with Gasteiger partial charge in [0, 0.05) is 20.2 Å². The first kappa shape index (κ1) is 14.0. The number of rotatable bonds is 4. The van der Waals surface area contributed by atoms with Crippen molar-refractivity contribution < 1.29 is 14.3 Å². The van der Waals surface area contributed by atoms with Crippen LogP contribution in [0.5, 0.6) is 0 Å². The Labute approximate surface area is 114 Å². The van der Waals surface area contributed by atoms with Crippen molar-refractivity contribution in [2.75, 3.05) is 33.4 Å². The van der Waals surface area contributed by atoms with Gasteiger partial charge in [-0.15, -0.1) is 0 Å². The lowest BCUT2D eigenvalue weighted by Gasteiger charge is -2.32. The molecule has 1 aliphatic heterocycles. The number of morpholine rings is 1. The van der Waals surface area contributed by atoms with E-state index >= 15 is 0 Å². The molecule has 4 heteroatoms. The number of amides is 1. The molecule has 1 heterocycles. The summed E-state index contributed by atoms with van der Waals surface area (Å²) in [5.41, 5.74) is 2.25. The Bertz CT molecular complexity index is 431. The summed E-state index contributed by atoms with van der Waals surface area (Å²) >= 11 is 0. The van der Waals surface area contributed by atoms with Crippen molar-refractivity contribution in [2.24, 2.45) is 0 Å². The van der Waals surface area contributed by atoms with Crippen molar-refractivity contribution >= 4 is 5.91 Å². The number of ether oxygens (including phenoxy) is 2. The van der Waals surface area contributed by atoms with Gasteiger partial charge in [0.2, 0.25) is 5.91 Å². The molecule has 1 fully saturated rings. The van der Waals surface area contributed by atoms with E-state index in [9.17, 15) is 4.79 Å². The van der Waals surface area contributed by atoms with E-state index in [2.05, 4.69) is 6.07 Å². The van der Waals surface area contributed by atoms with Crippen molar-refractivity contribution in [2.45, 2.75) is 19.4 Å². The quantitative estimate of drug-likeness (QED) is 0.824. The smallest absolute Gasteiger partial charge is 0.227 e. The van der Waals surface area contributed by atoms with Crippen LogP contribution in [0.3, 0.4) is 0 Å². The van der Waals surface area contributed by atoms with E-state index in [-0.39, 0.29) is 12.0 Å². The predicted molar refractivity (Wildman–Crippen MR) is 73.1 cm³/mol. The molecular formula is C15H21NO3. The van der Waals surface area contributed by atoms with Gasteiger partial charge >= 0.3 is 0 Å². The molecule has 1 amide bonds. The molecule has 2 rings (SSSR count). The van der Waals surface area contributed by atoms with Crippen LogP contribution in [-0.2, 0) is 20.7 Å². The SMILES string of the molecule is COC[C@H]1CN(C(=O)Cc2cccc(C)c2)CCO1. The van der Waals surface area contributed by atoms with Crippen LogP contribution >= 0.6 is 0 Å². The van der Waals surface area contributed by atoms with E-state index in [1.165, 1.54) is 5.56 Å². The van der Waals surface area contributed by atoms with Gasteiger partial charge in [-0.1, -0.05) is 29.8 Å². The average molecular weight is 263 g/mol. The second-order valence-corrected chi connectivity index (χ2v) is 4.95. The monoisotopic (exact) mass is 263 g/mol. The lowest BCUT2D eigenvalue weighted by molar-refractivity contribution is -0.140. The third-order valence-corrected chi connectivity index (χ3v) is 3.28. The average Bonchev–Trinajstić information content (AvgIpc) is 2.39. The number of benzene rings is 1. The van der Waals surface area contributed by atoms with Crippen molar-refractivity contribution in [3.05, 3.63) is 35.4 Å². The fraction of sp³-hybridized carbons (Fsp3) is 0.533. The highest BCUT2D eigenvalue weighted by molar-refractivity contribution is 5.79. The minimum atomic E-state index is 0.000194. The van der Waals surface area contributed by atoms with E-state index < -0.39 is 0 Å². The third kappa shape index (κ3) is 4.04. The van der Waals surface area contributed by atoms with Crippen LogP contribution in [-0.4, -0.2) is 50.3 Å². The minimum absolute atomic E-state index is 0.000194. The highest BCUT2D eigenvalue weighted by Crippen LogP contribution is 2.10. The maximum absolute atomic E-state index is 12.3. The van der Waals surface area contributed by atoms with E-state index in [4.69, 9.17) is 9.47 Å². The number of hydrogen-bond donors (Lipinski definition) is 0. The number of aryl methyl sites for hydroxylation is 1. The molecule has 0 aliphatic carbocycles. The van der Waals surface area contributed by atoms with E-state index in [1.54, 1.807) is 7.11 Å². The van der Waals surface area contributed by atoms with E-state index in [0.29, 0.717) is 32.7 Å². The van der Waals surface area contributed by atoms with Gasteiger partial charge in [0.25, 0.3) is 0 Å². The Balaban J connectivity index is 1.92. The number of hydrogen-bond acceptors (Lipinski definition) is 3. The Morgan fingerprint density at radius 1 is 1.53 bits per heavy atom. The first-order valence-electron chi connectivity index (χ1n) is 6.63. The zero-order valence-corrected chi connectivity index (χ0v) is 11.6. The normalized spacial score (nSPS) is 19.5. The van der Waals surface area contributed by atoms with Gasteiger partial charge in [-0.2, -0.15) is 0 Å². The molecule has 1 aromatic carbocycles. The topological polar surface area (TPSA) is 38.8 Å². The van der Waals surface area contributed by atoms with Crippen LogP contribution < -0.4 is 0 Å². The molecule has 1 aliphatic rings. The highest BCUT2D eigenvalue weighted by Gasteiger charge is 2.23. The maximum atomic E-state index is 12.3. The minimum Gasteiger partial charge on any atom is -0.382 e. The fourth-order valence-corrected chi connectivity index (χ4v) is 2.34. The summed E-state index contributed by atoms with van der Waals surface area (Å²) in [5.74, 6) is 0.162. The lowest BCUT2D eigenvalue weighted by atomic mass is 10.1. The second-order valence-electron chi connectivity index (χ2n) is 4.95. The summed E-state index contributed by atoms with van der Waals surface area (Å²) in [4.78, 5) is 14.1. The summed E-state index contributed by atoms with van der Waals surface area (Å²) in [6.45, 7) is 4.46. The van der Waals surface area contributed by atoms with Crippen LogP contribution in [0.2, 0.25) is 0 Å². The van der Waals surface area contributed by atoms with Crippen molar-refractivity contribution in [3.63, 3.8) is 0 Å².